The normalized spacial score (nSPS) is 14.6. The molecule has 0 fully saturated rings. The number of amides is 1. The molecule has 1 aromatic rings. The molecule has 1 aliphatic carbocycles. The number of hydrogen-bond acceptors (Lipinski definition) is 3. The number of hydrogen-bond donors (Lipinski definition) is 1. The summed E-state index contributed by atoms with van der Waals surface area (Å²) in [6.45, 7) is 7.67. The Bertz CT molecular complexity index is 443. The van der Waals surface area contributed by atoms with Crippen molar-refractivity contribution in [2.75, 3.05) is 5.32 Å². The molecule has 0 saturated carbocycles. The van der Waals surface area contributed by atoms with Gasteiger partial charge in [-0.2, -0.15) is 0 Å². The molecule has 0 atom stereocenters. The van der Waals surface area contributed by atoms with E-state index in [2.05, 4.69) is 12.2 Å². The highest BCUT2D eigenvalue weighted by molar-refractivity contribution is 7.12. The third-order valence-electron chi connectivity index (χ3n) is 2.72. The second-order valence-corrected chi connectivity index (χ2v) is 6.72. The largest absolute Gasteiger partial charge is 0.444 e. The first-order chi connectivity index (χ1) is 7.87. The molecule has 4 heteroatoms. The molecule has 94 valence electrons. The first-order valence-electron chi connectivity index (χ1n) is 5.98. The van der Waals surface area contributed by atoms with Crippen LogP contribution in [0.5, 0.6) is 0 Å². The second kappa shape index (κ2) is 4.33. The molecule has 0 spiro atoms. The van der Waals surface area contributed by atoms with Crippen molar-refractivity contribution in [1.82, 2.24) is 0 Å². The van der Waals surface area contributed by atoms with Crippen molar-refractivity contribution in [3.8, 4) is 0 Å². The van der Waals surface area contributed by atoms with E-state index in [1.807, 2.05) is 20.8 Å². The fourth-order valence-electron chi connectivity index (χ4n) is 2.11. The summed E-state index contributed by atoms with van der Waals surface area (Å²) in [5.41, 5.74) is 1.85. The molecule has 2 rings (SSSR count). The van der Waals surface area contributed by atoms with E-state index in [0.717, 1.165) is 18.5 Å². The number of ether oxygens (including phenoxy) is 1. The summed E-state index contributed by atoms with van der Waals surface area (Å²) in [7, 11) is 0. The average Bonchev–Trinajstić information content (AvgIpc) is 2.67. The third-order valence-corrected chi connectivity index (χ3v) is 3.93. The van der Waals surface area contributed by atoms with E-state index in [-0.39, 0.29) is 6.09 Å². The zero-order chi connectivity index (χ0) is 12.6. The van der Waals surface area contributed by atoms with Crippen LogP contribution < -0.4 is 5.32 Å². The summed E-state index contributed by atoms with van der Waals surface area (Å²) in [5.74, 6) is 0. The average molecular weight is 253 g/mol. The maximum Gasteiger partial charge on any atom is 0.412 e. The van der Waals surface area contributed by atoms with Gasteiger partial charge in [0.15, 0.2) is 0 Å². The van der Waals surface area contributed by atoms with Crippen LogP contribution in [0.2, 0.25) is 0 Å². The van der Waals surface area contributed by atoms with Gasteiger partial charge in [0.1, 0.15) is 5.60 Å². The molecule has 0 saturated heterocycles. The highest BCUT2D eigenvalue weighted by Gasteiger charge is 2.23. The summed E-state index contributed by atoms with van der Waals surface area (Å²) in [6, 6.07) is 0. The minimum Gasteiger partial charge on any atom is -0.444 e. The van der Waals surface area contributed by atoms with Crippen LogP contribution in [-0.2, 0) is 17.6 Å². The van der Waals surface area contributed by atoms with Crippen LogP contribution in [-0.4, -0.2) is 11.7 Å². The quantitative estimate of drug-likeness (QED) is 0.824. The molecular weight excluding hydrogens is 234 g/mol. The predicted octanol–water partition coefficient (Wildman–Crippen LogP) is 3.89. The van der Waals surface area contributed by atoms with Gasteiger partial charge in [0.05, 0.1) is 5.69 Å². The maximum atomic E-state index is 11.7. The van der Waals surface area contributed by atoms with Gasteiger partial charge in [0.2, 0.25) is 0 Å². The zero-order valence-electron chi connectivity index (χ0n) is 10.8. The van der Waals surface area contributed by atoms with Gasteiger partial charge >= 0.3 is 6.09 Å². The Morgan fingerprint density at radius 1 is 1.35 bits per heavy atom. The fraction of sp³-hybridized carbons (Fsp3) is 0.615. The van der Waals surface area contributed by atoms with Crippen molar-refractivity contribution in [2.24, 2.45) is 0 Å². The van der Waals surface area contributed by atoms with Crippen LogP contribution >= 0.6 is 11.3 Å². The van der Waals surface area contributed by atoms with E-state index in [0.29, 0.717) is 0 Å². The van der Waals surface area contributed by atoms with E-state index >= 15 is 0 Å². The van der Waals surface area contributed by atoms with E-state index in [9.17, 15) is 4.79 Å². The molecule has 3 nitrogen and oxygen atoms in total. The van der Waals surface area contributed by atoms with Crippen LogP contribution in [0.25, 0.3) is 0 Å². The molecule has 1 aliphatic rings. The standard InChI is InChI=1S/C13H19NO2S/c1-8-11(9-6-5-7-10(9)17-8)14-12(15)16-13(2,3)4/h5-7H2,1-4H3,(H,14,15). The van der Waals surface area contributed by atoms with E-state index in [4.69, 9.17) is 4.74 Å². The van der Waals surface area contributed by atoms with Crippen LogP contribution in [0.15, 0.2) is 0 Å². The van der Waals surface area contributed by atoms with Gasteiger partial charge in [-0.05, 0) is 52.5 Å². The number of aryl methyl sites for hydroxylation is 2. The zero-order valence-corrected chi connectivity index (χ0v) is 11.7. The van der Waals surface area contributed by atoms with E-state index in [1.165, 1.54) is 21.7 Å². The number of anilines is 1. The Labute approximate surface area is 106 Å². The van der Waals surface area contributed by atoms with Gasteiger partial charge in [-0.3, -0.25) is 5.32 Å². The van der Waals surface area contributed by atoms with Crippen molar-refractivity contribution in [3.05, 3.63) is 15.3 Å². The monoisotopic (exact) mass is 253 g/mol. The first-order valence-corrected chi connectivity index (χ1v) is 6.79. The van der Waals surface area contributed by atoms with Gasteiger partial charge in [0, 0.05) is 9.75 Å². The minimum absolute atomic E-state index is 0.354. The fourth-order valence-corrected chi connectivity index (χ4v) is 3.33. The molecule has 0 unspecified atom stereocenters. The number of fused-ring (bicyclic) bond motifs is 1. The van der Waals surface area contributed by atoms with Crippen molar-refractivity contribution in [3.63, 3.8) is 0 Å². The number of carbonyl (C=O) groups excluding carboxylic acids is 1. The maximum absolute atomic E-state index is 11.7. The van der Waals surface area contributed by atoms with Crippen LogP contribution in [0, 0.1) is 6.92 Å². The van der Waals surface area contributed by atoms with Gasteiger partial charge in [-0.1, -0.05) is 0 Å². The highest BCUT2D eigenvalue weighted by atomic mass is 32.1. The lowest BCUT2D eigenvalue weighted by molar-refractivity contribution is 0.0636. The Morgan fingerprint density at radius 3 is 2.71 bits per heavy atom. The van der Waals surface area contributed by atoms with Crippen LogP contribution in [0.3, 0.4) is 0 Å². The molecule has 0 bridgehead atoms. The van der Waals surface area contributed by atoms with Crippen molar-refractivity contribution >= 4 is 23.1 Å². The third kappa shape index (κ3) is 2.80. The SMILES string of the molecule is Cc1sc2c(c1NC(=O)OC(C)(C)C)CCC2. The molecule has 1 N–H and O–H groups in total. The molecule has 1 heterocycles. The minimum atomic E-state index is -0.447. The Morgan fingerprint density at radius 2 is 2.06 bits per heavy atom. The van der Waals surface area contributed by atoms with Gasteiger partial charge < -0.3 is 4.74 Å². The number of thiophene rings is 1. The summed E-state index contributed by atoms with van der Waals surface area (Å²) >= 11 is 1.79. The highest BCUT2D eigenvalue weighted by Crippen LogP contribution is 2.38. The molecule has 0 aromatic carbocycles. The van der Waals surface area contributed by atoms with Crippen molar-refractivity contribution < 1.29 is 9.53 Å². The lowest BCUT2D eigenvalue weighted by Crippen LogP contribution is -2.27. The first kappa shape index (κ1) is 12.4. The topological polar surface area (TPSA) is 38.3 Å². The van der Waals surface area contributed by atoms with Crippen molar-refractivity contribution in [1.29, 1.82) is 0 Å². The van der Waals surface area contributed by atoms with Crippen molar-refractivity contribution in [2.45, 2.75) is 52.6 Å². The van der Waals surface area contributed by atoms with E-state index in [1.54, 1.807) is 11.3 Å². The van der Waals surface area contributed by atoms with Gasteiger partial charge in [-0.15, -0.1) is 11.3 Å². The number of carbonyl (C=O) groups is 1. The summed E-state index contributed by atoms with van der Waals surface area (Å²) < 4.78 is 5.28. The smallest absolute Gasteiger partial charge is 0.412 e. The van der Waals surface area contributed by atoms with Gasteiger partial charge in [-0.25, -0.2) is 4.79 Å². The summed E-state index contributed by atoms with van der Waals surface area (Å²) in [5, 5.41) is 2.90. The number of nitrogens with one attached hydrogen (secondary N) is 1. The Kier molecular flexibility index (Phi) is 3.17. The van der Waals surface area contributed by atoms with Crippen LogP contribution in [0.4, 0.5) is 10.5 Å². The lowest BCUT2D eigenvalue weighted by Gasteiger charge is -2.20. The summed E-state index contributed by atoms with van der Waals surface area (Å²) in [6.07, 6.45) is 3.07. The van der Waals surface area contributed by atoms with Gasteiger partial charge in [0.25, 0.3) is 0 Å². The molecule has 1 amide bonds. The molecule has 0 aliphatic heterocycles. The molecule has 17 heavy (non-hydrogen) atoms. The lowest BCUT2D eigenvalue weighted by atomic mass is 10.2. The molecular formula is C13H19NO2S. The van der Waals surface area contributed by atoms with E-state index < -0.39 is 5.60 Å². The molecule has 1 aromatic heterocycles. The predicted molar refractivity (Wildman–Crippen MR) is 70.9 cm³/mol. The van der Waals surface area contributed by atoms with Crippen LogP contribution in [0.1, 0.15) is 42.5 Å². The summed E-state index contributed by atoms with van der Waals surface area (Å²) in [4.78, 5) is 14.4. The second-order valence-electron chi connectivity index (χ2n) is 5.42. The Balaban J connectivity index is 2.11. The number of rotatable bonds is 1. The Hall–Kier alpha value is -1.03. The molecule has 0 radical (unpaired) electrons.